The van der Waals surface area contributed by atoms with E-state index in [4.69, 9.17) is 10.00 Å². The Labute approximate surface area is 152 Å². The number of nitriles is 1. The van der Waals surface area contributed by atoms with E-state index in [1.807, 2.05) is 6.07 Å². The van der Waals surface area contributed by atoms with Crippen LogP contribution in [0.4, 0.5) is 13.2 Å². The number of rotatable bonds is 5. The van der Waals surface area contributed by atoms with Crippen LogP contribution in [0.5, 0.6) is 5.75 Å². The first-order valence-electron chi connectivity index (χ1n) is 7.64. The third-order valence-corrected chi connectivity index (χ3v) is 3.31. The summed E-state index contributed by atoms with van der Waals surface area (Å²) in [6.07, 6.45) is -4.83. The van der Waals surface area contributed by atoms with Crippen molar-refractivity contribution in [1.82, 2.24) is 10.9 Å². The highest BCUT2D eigenvalue weighted by Gasteiger charge is 2.30. The van der Waals surface area contributed by atoms with Gasteiger partial charge in [0.25, 0.3) is 5.91 Å². The van der Waals surface area contributed by atoms with Crippen molar-refractivity contribution in [3.05, 3.63) is 65.2 Å². The molecule has 0 unspecified atom stereocenters. The molecule has 0 radical (unpaired) electrons. The molecule has 0 fully saturated rings. The Hall–Kier alpha value is -3.54. The lowest BCUT2D eigenvalue weighted by Gasteiger charge is -2.10. The minimum absolute atomic E-state index is 0.158. The van der Waals surface area contributed by atoms with Gasteiger partial charge in [0.15, 0.2) is 6.61 Å². The molecule has 0 aliphatic rings. The van der Waals surface area contributed by atoms with Crippen molar-refractivity contribution >= 4 is 11.8 Å². The van der Waals surface area contributed by atoms with Crippen LogP contribution in [0.25, 0.3) is 0 Å². The molecule has 0 aliphatic heterocycles. The molecule has 2 rings (SSSR count). The third-order valence-electron chi connectivity index (χ3n) is 3.31. The van der Waals surface area contributed by atoms with Crippen LogP contribution in [0, 0.1) is 11.3 Å². The number of alkyl halides is 3. The number of halogens is 3. The van der Waals surface area contributed by atoms with Gasteiger partial charge in [-0.05, 0) is 35.9 Å². The number of hydrazine groups is 1. The lowest BCUT2D eigenvalue weighted by atomic mass is 10.1. The van der Waals surface area contributed by atoms with Gasteiger partial charge in [0.2, 0.25) is 5.91 Å². The van der Waals surface area contributed by atoms with Crippen molar-refractivity contribution in [3.8, 4) is 11.8 Å². The molecule has 0 atom stereocenters. The van der Waals surface area contributed by atoms with Crippen LogP contribution in [0.2, 0.25) is 0 Å². The number of amides is 2. The smallest absolute Gasteiger partial charge is 0.416 e. The molecule has 0 bridgehead atoms. The van der Waals surface area contributed by atoms with E-state index in [0.29, 0.717) is 11.3 Å². The maximum Gasteiger partial charge on any atom is 0.416 e. The number of ether oxygens (including phenoxy) is 1. The summed E-state index contributed by atoms with van der Waals surface area (Å²) >= 11 is 0. The minimum Gasteiger partial charge on any atom is -0.484 e. The van der Waals surface area contributed by atoms with E-state index in [1.165, 1.54) is 36.4 Å². The standard InChI is InChI=1S/C18H14F3N3O3/c19-18(20,21)14-3-1-2-13(8-14)9-16(25)23-24-17(26)11-27-15-6-4-12(10-22)5-7-15/h1-8H,9,11H2,(H,23,25)(H,24,26). The molecule has 0 heterocycles. The van der Waals surface area contributed by atoms with Gasteiger partial charge in [0, 0.05) is 0 Å². The molecule has 2 aromatic rings. The number of hydrogen-bond donors (Lipinski definition) is 2. The zero-order valence-corrected chi connectivity index (χ0v) is 13.8. The Balaban J connectivity index is 1.78. The zero-order valence-electron chi connectivity index (χ0n) is 13.8. The number of nitrogens with zero attached hydrogens (tertiary/aromatic N) is 1. The molecule has 9 heteroatoms. The van der Waals surface area contributed by atoms with Crippen LogP contribution in [-0.2, 0) is 22.2 Å². The first kappa shape index (κ1) is 19.8. The summed E-state index contributed by atoms with van der Waals surface area (Å²) in [7, 11) is 0. The molecule has 0 spiro atoms. The lowest BCUT2D eigenvalue weighted by molar-refractivity contribution is -0.137. The molecule has 27 heavy (non-hydrogen) atoms. The van der Waals surface area contributed by atoms with E-state index in [0.717, 1.165) is 12.1 Å². The normalized spacial score (nSPS) is 10.6. The second-order valence-corrected chi connectivity index (χ2v) is 5.40. The van der Waals surface area contributed by atoms with E-state index < -0.39 is 30.2 Å². The van der Waals surface area contributed by atoms with Crippen LogP contribution in [0.3, 0.4) is 0 Å². The summed E-state index contributed by atoms with van der Waals surface area (Å²) in [4.78, 5) is 23.4. The third kappa shape index (κ3) is 6.36. The number of carbonyl (C=O) groups excluding carboxylic acids is 2. The van der Waals surface area contributed by atoms with Gasteiger partial charge in [-0.2, -0.15) is 18.4 Å². The largest absolute Gasteiger partial charge is 0.484 e. The van der Waals surface area contributed by atoms with E-state index in [9.17, 15) is 22.8 Å². The number of nitrogens with one attached hydrogen (secondary N) is 2. The molecular formula is C18H14F3N3O3. The van der Waals surface area contributed by atoms with Crippen LogP contribution >= 0.6 is 0 Å². The van der Waals surface area contributed by atoms with Gasteiger partial charge in [0.1, 0.15) is 5.75 Å². The first-order chi connectivity index (χ1) is 12.8. The summed E-state index contributed by atoms with van der Waals surface area (Å²) in [5.41, 5.74) is 3.95. The Morgan fingerprint density at radius 3 is 2.33 bits per heavy atom. The van der Waals surface area contributed by atoms with Crippen LogP contribution in [0.1, 0.15) is 16.7 Å². The number of hydrogen-bond acceptors (Lipinski definition) is 4. The summed E-state index contributed by atoms with van der Waals surface area (Å²) < 4.78 is 43.1. The molecule has 0 saturated heterocycles. The number of benzene rings is 2. The summed E-state index contributed by atoms with van der Waals surface area (Å²) in [6.45, 7) is -0.393. The fourth-order valence-electron chi connectivity index (χ4n) is 2.04. The van der Waals surface area contributed by atoms with Crippen molar-refractivity contribution in [2.24, 2.45) is 0 Å². The minimum atomic E-state index is -4.50. The lowest BCUT2D eigenvalue weighted by Crippen LogP contribution is -2.44. The highest BCUT2D eigenvalue weighted by molar-refractivity contribution is 5.83. The SMILES string of the molecule is N#Cc1ccc(OCC(=O)NNC(=O)Cc2cccc(C(F)(F)F)c2)cc1. The van der Waals surface area contributed by atoms with Crippen molar-refractivity contribution in [2.45, 2.75) is 12.6 Å². The predicted molar refractivity (Wildman–Crippen MR) is 88.1 cm³/mol. The highest BCUT2D eigenvalue weighted by Crippen LogP contribution is 2.29. The predicted octanol–water partition coefficient (Wildman–Crippen LogP) is 2.35. The van der Waals surface area contributed by atoms with Crippen LogP contribution in [0.15, 0.2) is 48.5 Å². The molecule has 2 N–H and O–H groups in total. The van der Waals surface area contributed by atoms with Gasteiger partial charge in [-0.3, -0.25) is 20.4 Å². The molecule has 0 aliphatic carbocycles. The van der Waals surface area contributed by atoms with Gasteiger partial charge in [-0.1, -0.05) is 18.2 Å². The highest BCUT2D eigenvalue weighted by atomic mass is 19.4. The second kappa shape index (κ2) is 8.71. The van der Waals surface area contributed by atoms with Gasteiger partial charge in [-0.15, -0.1) is 0 Å². The maximum absolute atomic E-state index is 12.6. The monoisotopic (exact) mass is 377 g/mol. The Morgan fingerprint density at radius 1 is 1.04 bits per heavy atom. The molecule has 0 aromatic heterocycles. The first-order valence-corrected chi connectivity index (χ1v) is 7.64. The molecule has 0 saturated carbocycles. The fraction of sp³-hybridized carbons (Fsp3) is 0.167. The average molecular weight is 377 g/mol. The van der Waals surface area contributed by atoms with Gasteiger partial charge < -0.3 is 4.74 Å². The quantitative estimate of drug-likeness (QED) is 0.783. The van der Waals surface area contributed by atoms with Gasteiger partial charge in [0.05, 0.1) is 23.6 Å². The summed E-state index contributed by atoms with van der Waals surface area (Å²) in [6, 6.07) is 12.4. The fourth-order valence-corrected chi connectivity index (χ4v) is 2.04. The van der Waals surface area contributed by atoms with E-state index in [1.54, 1.807) is 0 Å². The van der Waals surface area contributed by atoms with Gasteiger partial charge >= 0.3 is 6.18 Å². The molecule has 140 valence electrons. The van der Waals surface area contributed by atoms with Crippen molar-refractivity contribution < 1.29 is 27.5 Å². The Bertz CT molecular complexity index is 859. The zero-order chi connectivity index (χ0) is 19.9. The average Bonchev–Trinajstić information content (AvgIpc) is 2.64. The molecule has 6 nitrogen and oxygen atoms in total. The second-order valence-electron chi connectivity index (χ2n) is 5.40. The maximum atomic E-state index is 12.6. The Morgan fingerprint density at radius 2 is 1.70 bits per heavy atom. The van der Waals surface area contributed by atoms with Crippen molar-refractivity contribution in [3.63, 3.8) is 0 Å². The van der Waals surface area contributed by atoms with E-state index >= 15 is 0 Å². The Kier molecular flexibility index (Phi) is 6.38. The van der Waals surface area contributed by atoms with E-state index in [2.05, 4.69) is 10.9 Å². The molecule has 2 amide bonds. The molecule has 2 aromatic carbocycles. The summed E-state index contributed by atoms with van der Waals surface area (Å²) in [5, 5.41) is 8.68. The van der Waals surface area contributed by atoms with Crippen LogP contribution in [-0.4, -0.2) is 18.4 Å². The van der Waals surface area contributed by atoms with Gasteiger partial charge in [-0.25, -0.2) is 0 Å². The van der Waals surface area contributed by atoms with Crippen molar-refractivity contribution in [1.29, 1.82) is 5.26 Å². The summed E-state index contributed by atoms with van der Waals surface area (Å²) in [5.74, 6) is -0.975. The van der Waals surface area contributed by atoms with Crippen LogP contribution < -0.4 is 15.6 Å². The topological polar surface area (TPSA) is 91.2 Å². The molecular weight excluding hydrogens is 363 g/mol. The van der Waals surface area contributed by atoms with Crippen molar-refractivity contribution in [2.75, 3.05) is 6.61 Å². The number of carbonyl (C=O) groups is 2. The van der Waals surface area contributed by atoms with E-state index in [-0.39, 0.29) is 12.0 Å².